The summed E-state index contributed by atoms with van der Waals surface area (Å²) in [6.07, 6.45) is 1.55. The molecule has 2 aromatic heterocycles. The summed E-state index contributed by atoms with van der Waals surface area (Å²) in [5.74, 6) is 1.64. The van der Waals surface area contributed by atoms with Crippen molar-refractivity contribution in [2.75, 3.05) is 25.6 Å². The molecule has 4 rings (SSSR count). The quantitative estimate of drug-likeness (QED) is 0.296. The van der Waals surface area contributed by atoms with Gasteiger partial charge in [-0.15, -0.1) is 0 Å². The second-order valence-electron chi connectivity index (χ2n) is 9.51. The molecular weight excluding hydrogens is 454 g/mol. The van der Waals surface area contributed by atoms with Crippen molar-refractivity contribution in [3.8, 4) is 11.5 Å². The van der Waals surface area contributed by atoms with Gasteiger partial charge in [-0.3, -0.25) is 9.78 Å². The largest absolute Gasteiger partial charge is 0.457 e. The van der Waals surface area contributed by atoms with E-state index in [9.17, 15) is 4.79 Å². The molecule has 188 valence electrons. The van der Waals surface area contributed by atoms with Gasteiger partial charge in [0.25, 0.3) is 5.91 Å². The first-order valence-electron chi connectivity index (χ1n) is 12.1. The average molecular weight is 488 g/mol. The van der Waals surface area contributed by atoms with Crippen molar-refractivity contribution in [2.24, 2.45) is 0 Å². The molecule has 0 aliphatic heterocycles. The lowest BCUT2D eigenvalue weighted by Crippen LogP contribution is -2.27. The van der Waals surface area contributed by atoms with Crippen LogP contribution in [0, 0.1) is 0 Å². The van der Waals surface area contributed by atoms with Crippen LogP contribution in [0.15, 0.2) is 60.8 Å². The summed E-state index contributed by atoms with van der Waals surface area (Å²) in [5.41, 5.74) is 4.42. The van der Waals surface area contributed by atoms with Crippen LogP contribution in [-0.2, 0) is 16.7 Å². The zero-order chi connectivity index (χ0) is 25.7. The lowest BCUT2D eigenvalue weighted by atomic mass is 9.87. The molecule has 0 atom stereocenters. The Kier molecular flexibility index (Phi) is 7.55. The van der Waals surface area contributed by atoms with E-state index in [1.165, 1.54) is 5.56 Å². The van der Waals surface area contributed by atoms with E-state index in [-0.39, 0.29) is 17.0 Å². The molecule has 0 aliphatic carbocycles. The molecule has 2 aromatic carbocycles. The minimum atomic E-state index is -0.277. The molecule has 0 spiro atoms. The molecule has 0 unspecified atom stereocenters. The number of amides is 1. The molecule has 8 nitrogen and oxygen atoms in total. The number of imidazole rings is 1. The average Bonchev–Trinajstić information content (AvgIpc) is 3.20. The summed E-state index contributed by atoms with van der Waals surface area (Å²) in [4.78, 5) is 21.3. The lowest BCUT2D eigenvalue weighted by Gasteiger charge is -2.20. The van der Waals surface area contributed by atoms with Crippen molar-refractivity contribution in [3.63, 3.8) is 0 Å². The van der Waals surface area contributed by atoms with Crippen molar-refractivity contribution in [2.45, 2.75) is 39.7 Å². The van der Waals surface area contributed by atoms with E-state index in [0.29, 0.717) is 24.7 Å². The van der Waals surface area contributed by atoms with Crippen molar-refractivity contribution in [1.29, 1.82) is 0 Å². The Hall–Kier alpha value is -3.91. The van der Waals surface area contributed by atoms with E-state index in [0.717, 1.165) is 29.2 Å². The number of carbonyl (C=O) groups is 1. The molecule has 0 bridgehead atoms. The number of benzene rings is 2. The van der Waals surface area contributed by atoms with Crippen molar-refractivity contribution < 1.29 is 14.3 Å². The highest BCUT2D eigenvalue weighted by Crippen LogP contribution is 2.30. The van der Waals surface area contributed by atoms with Crippen LogP contribution < -0.4 is 15.4 Å². The summed E-state index contributed by atoms with van der Waals surface area (Å²) >= 11 is 0. The van der Waals surface area contributed by atoms with Gasteiger partial charge in [0, 0.05) is 44.2 Å². The van der Waals surface area contributed by atoms with Crippen LogP contribution in [0.2, 0.25) is 0 Å². The number of rotatable bonds is 9. The van der Waals surface area contributed by atoms with Gasteiger partial charge in [-0.2, -0.15) is 0 Å². The first-order chi connectivity index (χ1) is 17.3. The minimum Gasteiger partial charge on any atom is -0.457 e. The Morgan fingerprint density at radius 3 is 2.61 bits per heavy atom. The van der Waals surface area contributed by atoms with Gasteiger partial charge in [-0.25, -0.2) is 4.98 Å². The molecule has 0 aliphatic rings. The molecule has 4 aromatic rings. The Morgan fingerprint density at radius 2 is 1.86 bits per heavy atom. The number of ether oxygens (including phenoxy) is 2. The Labute approximate surface area is 211 Å². The zero-order valence-corrected chi connectivity index (χ0v) is 21.5. The summed E-state index contributed by atoms with van der Waals surface area (Å²) in [6.45, 7) is 10.3. The number of methoxy groups -OCH3 is 1. The summed E-state index contributed by atoms with van der Waals surface area (Å²) < 4.78 is 13.1. The zero-order valence-electron chi connectivity index (χ0n) is 21.5. The van der Waals surface area contributed by atoms with E-state index in [1.807, 2.05) is 18.2 Å². The maximum atomic E-state index is 12.3. The molecule has 2 heterocycles. The number of aryl methyl sites for hydroxylation is 1. The SMILES string of the molecule is CCn1c(Nc2cccc(C(C)(C)C)c2)nc2cc(Oc3ccnc(C(=O)NCCOC)c3)ccc21. The summed E-state index contributed by atoms with van der Waals surface area (Å²) in [5, 5.41) is 6.25. The number of nitrogens with zero attached hydrogens (tertiary/aromatic N) is 3. The highest BCUT2D eigenvalue weighted by atomic mass is 16.5. The maximum Gasteiger partial charge on any atom is 0.270 e. The van der Waals surface area contributed by atoms with E-state index in [4.69, 9.17) is 14.5 Å². The molecule has 0 fully saturated rings. The first-order valence-corrected chi connectivity index (χ1v) is 12.1. The molecule has 0 radical (unpaired) electrons. The Morgan fingerprint density at radius 1 is 1.06 bits per heavy atom. The third-order valence-corrected chi connectivity index (χ3v) is 5.81. The smallest absolute Gasteiger partial charge is 0.270 e. The van der Waals surface area contributed by atoms with Gasteiger partial charge in [-0.1, -0.05) is 32.9 Å². The predicted molar refractivity (Wildman–Crippen MR) is 142 cm³/mol. The Balaban J connectivity index is 1.56. The first kappa shape index (κ1) is 25.2. The third kappa shape index (κ3) is 5.83. The van der Waals surface area contributed by atoms with E-state index >= 15 is 0 Å². The van der Waals surface area contributed by atoms with E-state index in [1.54, 1.807) is 25.4 Å². The molecule has 0 saturated carbocycles. The van der Waals surface area contributed by atoms with Gasteiger partial charge >= 0.3 is 0 Å². The molecule has 1 amide bonds. The maximum absolute atomic E-state index is 12.3. The van der Waals surface area contributed by atoms with Crippen LogP contribution in [0.3, 0.4) is 0 Å². The van der Waals surface area contributed by atoms with Crippen LogP contribution >= 0.6 is 0 Å². The Bertz CT molecular complexity index is 1360. The fourth-order valence-corrected chi connectivity index (χ4v) is 3.87. The van der Waals surface area contributed by atoms with Gasteiger partial charge < -0.3 is 24.7 Å². The monoisotopic (exact) mass is 487 g/mol. The minimum absolute atomic E-state index is 0.0617. The van der Waals surface area contributed by atoms with Crippen LogP contribution in [0.25, 0.3) is 11.0 Å². The highest BCUT2D eigenvalue weighted by Gasteiger charge is 2.16. The summed E-state index contributed by atoms with van der Waals surface area (Å²) in [6, 6.07) is 17.6. The van der Waals surface area contributed by atoms with Gasteiger partial charge in [0.1, 0.15) is 17.2 Å². The van der Waals surface area contributed by atoms with Gasteiger partial charge in [0.2, 0.25) is 5.95 Å². The topological polar surface area (TPSA) is 90.3 Å². The second-order valence-corrected chi connectivity index (χ2v) is 9.51. The second kappa shape index (κ2) is 10.8. The lowest BCUT2D eigenvalue weighted by molar-refractivity contribution is 0.0932. The highest BCUT2D eigenvalue weighted by molar-refractivity contribution is 5.92. The normalized spacial score (nSPS) is 11.5. The van der Waals surface area contributed by atoms with Crippen molar-refractivity contribution in [1.82, 2.24) is 19.9 Å². The number of aromatic nitrogens is 3. The third-order valence-electron chi connectivity index (χ3n) is 5.81. The fourth-order valence-electron chi connectivity index (χ4n) is 3.87. The number of carbonyl (C=O) groups excluding carboxylic acids is 1. The van der Waals surface area contributed by atoms with Crippen molar-refractivity contribution >= 4 is 28.6 Å². The molecular formula is C28H33N5O3. The number of hydrogen-bond acceptors (Lipinski definition) is 6. The molecule has 8 heteroatoms. The molecule has 2 N–H and O–H groups in total. The van der Waals surface area contributed by atoms with Gasteiger partial charge in [0.15, 0.2) is 0 Å². The van der Waals surface area contributed by atoms with Crippen molar-refractivity contribution in [3.05, 3.63) is 72.1 Å². The van der Waals surface area contributed by atoms with Crippen LogP contribution in [0.1, 0.15) is 43.7 Å². The molecule has 0 saturated heterocycles. The number of pyridine rings is 1. The van der Waals surface area contributed by atoms with Crippen LogP contribution in [0.5, 0.6) is 11.5 Å². The van der Waals surface area contributed by atoms with Gasteiger partial charge in [-0.05, 0) is 48.2 Å². The summed E-state index contributed by atoms with van der Waals surface area (Å²) in [7, 11) is 1.59. The number of nitrogens with one attached hydrogen (secondary N) is 2. The number of fused-ring (bicyclic) bond motifs is 1. The fraction of sp³-hybridized carbons (Fsp3) is 0.321. The van der Waals surface area contributed by atoms with Crippen LogP contribution in [-0.4, -0.2) is 40.7 Å². The number of hydrogen-bond donors (Lipinski definition) is 2. The van der Waals surface area contributed by atoms with Gasteiger partial charge in [0.05, 0.1) is 17.6 Å². The predicted octanol–water partition coefficient (Wildman–Crippen LogP) is 5.66. The van der Waals surface area contributed by atoms with Crippen LogP contribution in [0.4, 0.5) is 11.6 Å². The van der Waals surface area contributed by atoms with E-state index < -0.39 is 0 Å². The standard InChI is InChI=1S/C28H33N5O3/c1-6-33-25-11-10-21(36-22-12-13-29-24(18-22)26(34)30-14-15-35-5)17-23(25)32-27(33)31-20-9-7-8-19(16-20)28(2,3)4/h7-13,16-18H,6,14-15H2,1-5H3,(H,30,34)(H,31,32). The van der Waals surface area contributed by atoms with E-state index in [2.05, 4.69) is 72.1 Å². The number of anilines is 2. The molecule has 36 heavy (non-hydrogen) atoms.